The van der Waals surface area contributed by atoms with Gasteiger partial charge in [-0.1, -0.05) is 12.1 Å². The van der Waals surface area contributed by atoms with Gasteiger partial charge in [-0.3, -0.25) is 0 Å². The number of halogens is 1. The molecule has 0 aliphatic carbocycles. The van der Waals surface area contributed by atoms with Crippen LogP contribution in [0.4, 0.5) is 0 Å². The number of nitrogens with one attached hydrogen (secondary N) is 2. The maximum atomic E-state index is 5.81. The molecule has 154 valence electrons. The van der Waals surface area contributed by atoms with Gasteiger partial charge >= 0.3 is 0 Å². The van der Waals surface area contributed by atoms with Crippen molar-refractivity contribution in [2.75, 3.05) is 26.8 Å². The molecule has 2 heterocycles. The summed E-state index contributed by atoms with van der Waals surface area (Å²) in [6.45, 7) is 2.99. The van der Waals surface area contributed by atoms with Gasteiger partial charge in [0.25, 0.3) is 0 Å². The zero-order chi connectivity index (χ0) is 18.7. The molecular formula is C21H30IN3O3. The van der Waals surface area contributed by atoms with Gasteiger partial charge in [0.05, 0.1) is 26.0 Å². The van der Waals surface area contributed by atoms with Gasteiger partial charge in [-0.15, -0.1) is 24.0 Å². The fourth-order valence-corrected chi connectivity index (χ4v) is 3.01. The highest BCUT2D eigenvalue weighted by atomic mass is 127. The van der Waals surface area contributed by atoms with E-state index in [2.05, 4.69) is 10.6 Å². The summed E-state index contributed by atoms with van der Waals surface area (Å²) in [6, 6.07) is 11.9. The van der Waals surface area contributed by atoms with Crippen molar-refractivity contribution in [3.05, 3.63) is 54.0 Å². The maximum absolute atomic E-state index is 5.81. The number of hydrogen-bond acceptors (Lipinski definition) is 4. The molecule has 1 aliphatic rings. The third kappa shape index (κ3) is 7.71. The normalized spacial score (nSPS) is 16.9. The van der Waals surface area contributed by atoms with Gasteiger partial charge in [-0.25, -0.2) is 4.99 Å². The summed E-state index contributed by atoms with van der Waals surface area (Å²) in [5.41, 5.74) is 1.14. The largest absolute Gasteiger partial charge is 0.497 e. The molecule has 0 saturated carbocycles. The average Bonchev–Trinajstić information content (AvgIpc) is 3.24. The highest BCUT2D eigenvalue weighted by Gasteiger charge is 2.14. The van der Waals surface area contributed by atoms with Crippen LogP contribution in [0.1, 0.15) is 30.6 Å². The van der Waals surface area contributed by atoms with Crippen molar-refractivity contribution < 1.29 is 13.9 Å². The van der Waals surface area contributed by atoms with Gasteiger partial charge < -0.3 is 24.5 Å². The van der Waals surface area contributed by atoms with Crippen LogP contribution >= 0.6 is 24.0 Å². The molecule has 3 rings (SSSR count). The molecule has 6 nitrogen and oxygen atoms in total. The summed E-state index contributed by atoms with van der Waals surface area (Å²) in [4.78, 5) is 4.72. The highest BCUT2D eigenvalue weighted by molar-refractivity contribution is 14.0. The first-order chi connectivity index (χ1) is 13.3. The summed E-state index contributed by atoms with van der Waals surface area (Å²) in [5, 5.41) is 6.81. The molecule has 0 spiro atoms. The number of hydrogen-bond donors (Lipinski definition) is 2. The summed E-state index contributed by atoms with van der Waals surface area (Å²) >= 11 is 0. The van der Waals surface area contributed by atoms with Crippen molar-refractivity contribution in [2.24, 2.45) is 4.99 Å². The van der Waals surface area contributed by atoms with E-state index in [0.717, 1.165) is 62.0 Å². The van der Waals surface area contributed by atoms with E-state index in [1.54, 1.807) is 13.4 Å². The van der Waals surface area contributed by atoms with E-state index in [1.807, 2.05) is 36.4 Å². The Bertz CT molecular complexity index is 683. The number of aliphatic imine (C=N–C) groups is 1. The zero-order valence-electron chi connectivity index (χ0n) is 16.4. The minimum Gasteiger partial charge on any atom is -0.497 e. The number of guanidine groups is 1. The van der Waals surface area contributed by atoms with Crippen LogP contribution in [0.25, 0.3) is 0 Å². The Labute approximate surface area is 184 Å². The predicted molar refractivity (Wildman–Crippen MR) is 122 cm³/mol. The molecule has 0 radical (unpaired) electrons. The number of furan rings is 1. The van der Waals surface area contributed by atoms with Crippen LogP contribution in [0.3, 0.4) is 0 Å². The number of benzene rings is 1. The zero-order valence-corrected chi connectivity index (χ0v) is 18.7. The first-order valence-corrected chi connectivity index (χ1v) is 9.62. The second-order valence-electron chi connectivity index (χ2n) is 6.64. The standard InChI is InChI=1S/C21H29N3O3.HI/c1-25-18-9-7-17(8-10-18)15-23-21(22-12-11-19-6-4-14-26-19)24-16-20-5-2-3-13-27-20;/h4,6-10,14,20H,2-3,5,11-13,15-16H2,1H3,(H2,22,23,24);1H. The van der Waals surface area contributed by atoms with Gasteiger partial charge in [-0.2, -0.15) is 0 Å². The van der Waals surface area contributed by atoms with Crippen LogP contribution in [-0.4, -0.2) is 38.9 Å². The van der Waals surface area contributed by atoms with E-state index >= 15 is 0 Å². The molecular weight excluding hydrogens is 469 g/mol. The third-order valence-electron chi connectivity index (χ3n) is 4.59. The van der Waals surface area contributed by atoms with Crippen LogP contribution in [-0.2, 0) is 17.7 Å². The molecule has 1 aliphatic heterocycles. The topological polar surface area (TPSA) is 68.0 Å². The van der Waals surface area contributed by atoms with Crippen LogP contribution < -0.4 is 15.4 Å². The van der Waals surface area contributed by atoms with Crippen LogP contribution in [0, 0.1) is 0 Å². The fourth-order valence-electron chi connectivity index (χ4n) is 3.01. The average molecular weight is 499 g/mol. The first kappa shape index (κ1) is 22.5. The molecule has 2 aromatic rings. The van der Waals surface area contributed by atoms with Crippen molar-refractivity contribution in [3.8, 4) is 5.75 Å². The third-order valence-corrected chi connectivity index (χ3v) is 4.59. The molecule has 7 heteroatoms. The van der Waals surface area contributed by atoms with Crippen molar-refractivity contribution in [2.45, 2.75) is 38.3 Å². The lowest BCUT2D eigenvalue weighted by Gasteiger charge is -2.23. The lowest BCUT2D eigenvalue weighted by atomic mass is 10.1. The van der Waals surface area contributed by atoms with Crippen molar-refractivity contribution in [1.82, 2.24) is 10.6 Å². The van der Waals surface area contributed by atoms with Gasteiger partial charge in [0, 0.05) is 26.1 Å². The quantitative estimate of drug-likeness (QED) is 0.329. The Morgan fingerprint density at radius 2 is 2.04 bits per heavy atom. The van der Waals surface area contributed by atoms with E-state index < -0.39 is 0 Å². The lowest BCUT2D eigenvalue weighted by molar-refractivity contribution is 0.0194. The Morgan fingerprint density at radius 1 is 1.18 bits per heavy atom. The SMILES string of the molecule is COc1ccc(CN=C(NCCc2ccco2)NCC2CCCCO2)cc1.I. The molecule has 1 aromatic carbocycles. The molecule has 1 atom stereocenters. The van der Waals surface area contributed by atoms with Crippen LogP contribution in [0.5, 0.6) is 5.75 Å². The molecule has 2 N–H and O–H groups in total. The van der Waals surface area contributed by atoms with E-state index in [-0.39, 0.29) is 30.1 Å². The minimum atomic E-state index is 0. The van der Waals surface area contributed by atoms with Gasteiger partial charge in [0.2, 0.25) is 0 Å². The van der Waals surface area contributed by atoms with E-state index in [9.17, 15) is 0 Å². The van der Waals surface area contributed by atoms with E-state index in [1.165, 1.54) is 6.42 Å². The van der Waals surface area contributed by atoms with Gasteiger partial charge in [-0.05, 0) is 49.1 Å². The van der Waals surface area contributed by atoms with Crippen LogP contribution in [0.2, 0.25) is 0 Å². The maximum Gasteiger partial charge on any atom is 0.191 e. The molecule has 1 unspecified atom stereocenters. The number of rotatable bonds is 8. The highest BCUT2D eigenvalue weighted by Crippen LogP contribution is 2.13. The summed E-state index contributed by atoms with van der Waals surface area (Å²) in [7, 11) is 1.67. The van der Waals surface area contributed by atoms with E-state index in [4.69, 9.17) is 18.9 Å². The molecule has 0 amide bonds. The Morgan fingerprint density at radius 3 is 2.71 bits per heavy atom. The Kier molecular flexibility index (Phi) is 10.2. The summed E-state index contributed by atoms with van der Waals surface area (Å²) < 4.78 is 16.4. The van der Waals surface area contributed by atoms with E-state index in [0.29, 0.717) is 6.54 Å². The second kappa shape index (κ2) is 12.7. The smallest absolute Gasteiger partial charge is 0.191 e. The molecule has 1 fully saturated rings. The summed E-state index contributed by atoms with van der Waals surface area (Å²) in [5.74, 6) is 2.62. The van der Waals surface area contributed by atoms with Gasteiger partial charge in [0.15, 0.2) is 5.96 Å². The van der Waals surface area contributed by atoms with Crippen molar-refractivity contribution in [1.29, 1.82) is 0 Å². The molecule has 28 heavy (non-hydrogen) atoms. The summed E-state index contributed by atoms with van der Waals surface area (Å²) in [6.07, 6.45) is 6.28. The number of ether oxygens (including phenoxy) is 2. The molecule has 1 aromatic heterocycles. The minimum absolute atomic E-state index is 0. The number of nitrogens with zero attached hydrogens (tertiary/aromatic N) is 1. The predicted octanol–water partition coefficient (Wildman–Crippen LogP) is 3.75. The lowest BCUT2D eigenvalue weighted by Crippen LogP contribution is -2.43. The van der Waals surface area contributed by atoms with Crippen molar-refractivity contribution in [3.63, 3.8) is 0 Å². The fraction of sp³-hybridized carbons (Fsp3) is 0.476. The first-order valence-electron chi connectivity index (χ1n) is 9.62. The molecule has 0 bridgehead atoms. The Balaban J connectivity index is 0.00000280. The monoisotopic (exact) mass is 499 g/mol. The Hall–Kier alpha value is -1.74. The van der Waals surface area contributed by atoms with Crippen LogP contribution in [0.15, 0.2) is 52.1 Å². The van der Waals surface area contributed by atoms with Crippen molar-refractivity contribution >= 4 is 29.9 Å². The molecule has 1 saturated heterocycles. The number of methoxy groups -OCH3 is 1. The second-order valence-corrected chi connectivity index (χ2v) is 6.64. The van der Waals surface area contributed by atoms with Gasteiger partial charge in [0.1, 0.15) is 11.5 Å².